The van der Waals surface area contributed by atoms with Crippen LogP contribution in [0.5, 0.6) is 0 Å². The van der Waals surface area contributed by atoms with E-state index in [0.717, 1.165) is 53.0 Å². The molecule has 2 aliphatic heterocycles. The van der Waals surface area contributed by atoms with Crippen molar-refractivity contribution in [3.63, 3.8) is 0 Å². The maximum absolute atomic E-state index is 16.7. The van der Waals surface area contributed by atoms with Crippen LogP contribution in [0.15, 0.2) is 59.6 Å². The summed E-state index contributed by atoms with van der Waals surface area (Å²) in [4.78, 5) is 30.5. The number of alkyl halides is 3. The number of rotatable bonds is 6. The molecule has 1 unspecified atom stereocenters. The van der Waals surface area contributed by atoms with Gasteiger partial charge in [-0.15, -0.1) is 0 Å². The molecule has 0 saturated carbocycles. The topological polar surface area (TPSA) is 99.7 Å². The van der Waals surface area contributed by atoms with Gasteiger partial charge < -0.3 is 10.2 Å². The van der Waals surface area contributed by atoms with E-state index < -0.39 is 68.6 Å². The summed E-state index contributed by atoms with van der Waals surface area (Å²) < 4.78 is 100. The molecule has 1 spiro atoms. The molecule has 8 nitrogen and oxygen atoms in total. The van der Waals surface area contributed by atoms with Crippen LogP contribution in [0.2, 0.25) is 0 Å². The molecule has 3 heterocycles. The predicted octanol–water partition coefficient (Wildman–Crippen LogP) is 5.42. The van der Waals surface area contributed by atoms with Crippen molar-refractivity contribution in [1.82, 2.24) is 15.2 Å². The minimum Gasteiger partial charge on any atom is -0.346 e. The van der Waals surface area contributed by atoms with Gasteiger partial charge in [0.25, 0.3) is 15.9 Å². The highest BCUT2D eigenvalue weighted by molar-refractivity contribution is 7.92. The Morgan fingerprint density at radius 1 is 1.04 bits per heavy atom. The van der Waals surface area contributed by atoms with Crippen molar-refractivity contribution in [3.8, 4) is 0 Å². The lowest BCUT2D eigenvalue weighted by Crippen LogP contribution is -2.55. The number of benzene rings is 2. The number of halogens is 5. The van der Waals surface area contributed by atoms with Gasteiger partial charge in [0.15, 0.2) is 0 Å². The van der Waals surface area contributed by atoms with Crippen LogP contribution in [-0.4, -0.2) is 49.2 Å². The summed E-state index contributed by atoms with van der Waals surface area (Å²) in [5, 5.41) is 2.32. The lowest BCUT2D eigenvalue weighted by atomic mass is 9.66. The van der Waals surface area contributed by atoms with E-state index >= 15 is 4.39 Å². The largest absolute Gasteiger partial charge is 0.418 e. The molecule has 45 heavy (non-hydrogen) atoms. The highest BCUT2D eigenvalue weighted by atomic mass is 32.2. The first-order chi connectivity index (χ1) is 21.1. The minimum atomic E-state index is -4.72. The van der Waals surface area contributed by atoms with E-state index in [2.05, 4.69) is 10.3 Å². The number of anilines is 1. The van der Waals surface area contributed by atoms with Crippen molar-refractivity contribution < 1.29 is 40.0 Å². The zero-order chi connectivity index (χ0) is 32.9. The molecule has 2 aromatic carbocycles. The number of aromatic nitrogens is 1. The summed E-state index contributed by atoms with van der Waals surface area (Å²) in [6, 6.07) is 7.77. The molecule has 0 bridgehead atoms. The first-order valence-corrected chi connectivity index (χ1v) is 15.7. The molecule has 3 aromatic rings. The third kappa shape index (κ3) is 5.64. The molecule has 14 heteroatoms. The number of carbonyl (C=O) groups excluding carboxylic acids is 2. The second-order valence-corrected chi connectivity index (χ2v) is 13.4. The summed E-state index contributed by atoms with van der Waals surface area (Å²) in [5.74, 6) is -3.22. The van der Waals surface area contributed by atoms with Crippen molar-refractivity contribution in [2.24, 2.45) is 5.92 Å². The highest BCUT2D eigenvalue weighted by Gasteiger charge is 2.58. The third-order valence-corrected chi connectivity index (χ3v) is 10.4. The van der Waals surface area contributed by atoms with Crippen molar-refractivity contribution in [1.29, 1.82) is 0 Å². The number of nitrogens with one attached hydrogen (secondary N) is 1. The number of fused-ring (bicyclic) bond motifs is 2. The van der Waals surface area contributed by atoms with Gasteiger partial charge in [-0.2, -0.15) is 13.2 Å². The van der Waals surface area contributed by atoms with Gasteiger partial charge in [0.05, 0.1) is 40.0 Å². The number of hydrogen-bond acceptors (Lipinski definition) is 5. The first-order valence-electron chi connectivity index (χ1n) is 14.3. The molecule has 0 aliphatic carbocycles. The van der Waals surface area contributed by atoms with Crippen LogP contribution in [-0.2, 0) is 33.0 Å². The summed E-state index contributed by atoms with van der Waals surface area (Å²) in [6.07, 6.45) is -3.21. The SMILES string of the molecule is CC(=O)N1CCC2(CC1)c1c(ccc(C(=O)NCc3ncccc3C(F)(F)F)c1F)N(S(=O)(=O)c1ccc(F)cc1)C2C(C)C. The molecule has 1 fully saturated rings. The van der Waals surface area contributed by atoms with E-state index in [1.165, 1.54) is 13.0 Å². The van der Waals surface area contributed by atoms with Gasteiger partial charge in [0.1, 0.15) is 11.6 Å². The molecular weight excluding hydrogens is 619 g/mol. The molecule has 1 saturated heterocycles. The standard InChI is InChI=1S/C31H31F5N4O4S/c1-18(2)28-30(12-15-39(16-13-30)19(3)41)26-25(40(28)45(43,44)21-8-6-20(32)7-9-21)11-10-22(27(26)33)29(42)38-17-24-23(31(34,35)36)5-4-14-37-24/h4-11,14,18,28H,12-13,15-17H2,1-3H3,(H,38,42). The van der Waals surface area contributed by atoms with Gasteiger partial charge in [-0.3, -0.25) is 18.9 Å². The van der Waals surface area contributed by atoms with Gasteiger partial charge in [-0.25, -0.2) is 17.2 Å². The maximum atomic E-state index is 16.7. The maximum Gasteiger partial charge on any atom is 0.418 e. The van der Waals surface area contributed by atoms with Crippen LogP contribution >= 0.6 is 0 Å². The lowest BCUT2D eigenvalue weighted by molar-refractivity contribution is -0.138. The molecule has 1 N–H and O–H groups in total. The van der Waals surface area contributed by atoms with Crippen LogP contribution in [0.3, 0.4) is 0 Å². The van der Waals surface area contributed by atoms with Gasteiger partial charge >= 0.3 is 6.18 Å². The number of amides is 2. The average Bonchev–Trinajstić information content (AvgIpc) is 3.27. The number of pyridine rings is 1. The third-order valence-electron chi connectivity index (χ3n) is 8.63. The summed E-state index contributed by atoms with van der Waals surface area (Å²) >= 11 is 0. The Morgan fingerprint density at radius 3 is 2.27 bits per heavy atom. The number of piperidine rings is 1. The zero-order valence-corrected chi connectivity index (χ0v) is 25.5. The van der Waals surface area contributed by atoms with Gasteiger partial charge in [-0.1, -0.05) is 13.8 Å². The molecule has 1 atom stereocenters. The van der Waals surface area contributed by atoms with E-state index in [1.54, 1.807) is 18.7 Å². The monoisotopic (exact) mass is 650 g/mol. The number of sulfonamides is 1. The number of nitrogens with zero attached hydrogens (tertiary/aromatic N) is 3. The first kappa shape index (κ1) is 32.3. The van der Waals surface area contributed by atoms with Crippen LogP contribution in [0.25, 0.3) is 0 Å². The Labute approximate surface area is 257 Å². The lowest BCUT2D eigenvalue weighted by Gasteiger charge is -2.46. The van der Waals surface area contributed by atoms with Crippen LogP contribution in [0, 0.1) is 17.6 Å². The van der Waals surface area contributed by atoms with Crippen LogP contribution in [0.4, 0.5) is 27.6 Å². The average molecular weight is 651 g/mol. The fourth-order valence-corrected chi connectivity index (χ4v) is 8.55. The Bertz CT molecular complexity index is 1740. The van der Waals surface area contributed by atoms with E-state index in [9.17, 15) is 35.6 Å². The predicted molar refractivity (Wildman–Crippen MR) is 155 cm³/mol. The Kier molecular flexibility index (Phi) is 8.40. The Hall–Kier alpha value is -4.07. The van der Waals surface area contributed by atoms with Crippen molar-refractivity contribution in [3.05, 3.63) is 88.7 Å². The minimum absolute atomic E-state index is 0.00688. The van der Waals surface area contributed by atoms with Crippen molar-refractivity contribution >= 4 is 27.5 Å². The second kappa shape index (κ2) is 11.7. The summed E-state index contributed by atoms with van der Waals surface area (Å²) in [7, 11) is -4.38. The molecule has 5 rings (SSSR count). The number of likely N-dealkylation sites (tertiary alicyclic amines) is 1. The normalized spacial score (nSPS) is 17.9. The number of carbonyl (C=O) groups is 2. The van der Waals surface area contributed by atoms with Crippen molar-refractivity contribution in [2.45, 2.75) is 62.7 Å². The van der Waals surface area contributed by atoms with E-state index in [4.69, 9.17) is 0 Å². The van der Waals surface area contributed by atoms with Crippen LogP contribution < -0.4 is 9.62 Å². The Balaban J connectivity index is 1.61. The summed E-state index contributed by atoms with van der Waals surface area (Å²) in [5.41, 5.74) is -3.14. The van der Waals surface area contributed by atoms with E-state index in [0.29, 0.717) is 0 Å². The van der Waals surface area contributed by atoms with E-state index in [-0.39, 0.29) is 53.9 Å². The molecule has 2 aliphatic rings. The Morgan fingerprint density at radius 2 is 1.69 bits per heavy atom. The second-order valence-electron chi connectivity index (χ2n) is 11.6. The van der Waals surface area contributed by atoms with Gasteiger partial charge in [0, 0.05) is 37.2 Å². The quantitative estimate of drug-likeness (QED) is 0.360. The molecule has 240 valence electrons. The van der Waals surface area contributed by atoms with Crippen LogP contribution in [0.1, 0.15) is 60.8 Å². The smallest absolute Gasteiger partial charge is 0.346 e. The van der Waals surface area contributed by atoms with Gasteiger partial charge in [0.2, 0.25) is 5.91 Å². The molecule has 0 radical (unpaired) electrons. The van der Waals surface area contributed by atoms with Crippen molar-refractivity contribution in [2.75, 3.05) is 17.4 Å². The molecular formula is C31H31F5N4O4S. The van der Waals surface area contributed by atoms with Gasteiger partial charge in [-0.05, 0) is 67.3 Å². The summed E-state index contributed by atoms with van der Waals surface area (Å²) in [6.45, 7) is 4.76. The molecule has 2 amide bonds. The highest BCUT2D eigenvalue weighted by Crippen LogP contribution is 2.56. The van der Waals surface area contributed by atoms with E-state index in [1.807, 2.05) is 0 Å². The zero-order valence-electron chi connectivity index (χ0n) is 24.7. The fourth-order valence-electron chi connectivity index (χ4n) is 6.69. The molecule has 1 aromatic heterocycles. The number of hydrogen-bond donors (Lipinski definition) is 1. The fraction of sp³-hybridized carbons (Fsp3) is 0.387.